The van der Waals surface area contributed by atoms with Gasteiger partial charge < -0.3 is 5.32 Å². The quantitative estimate of drug-likeness (QED) is 0.470. The second-order valence-corrected chi connectivity index (χ2v) is 8.33. The van der Waals surface area contributed by atoms with Gasteiger partial charge in [0.15, 0.2) is 16.8 Å². The monoisotopic (exact) mass is 407 g/mol. The van der Waals surface area contributed by atoms with Crippen LogP contribution >= 0.6 is 11.8 Å². The van der Waals surface area contributed by atoms with Gasteiger partial charge in [0.1, 0.15) is 0 Å². The summed E-state index contributed by atoms with van der Waals surface area (Å²) >= 11 is 1.40. The van der Waals surface area contributed by atoms with Crippen LogP contribution in [0.1, 0.15) is 43.1 Å². The Kier molecular flexibility index (Phi) is 5.44. The van der Waals surface area contributed by atoms with Crippen molar-refractivity contribution in [2.24, 2.45) is 0 Å². The molecule has 0 unspecified atom stereocenters. The predicted octanol–water partition coefficient (Wildman–Crippen LogP) is 4.00. The number of nitrogens with one attached hydrogen (secondary N) is 1. The maximum absolute atomic E-state index is 12.6. The fourth-order valence-corrected chi connectivity index (χ4v) is 3.88. The van der Waals surface area contributed by atoms with Crippen LogP contribution in [0.4, 0.5) is 5.69 Å². The molecule has 1 atom stereocenters. The Labute approximate surface area is 173 Å². The maximum atomic E-state index is 12.6. The molecule has 0 saturated heterocycles. The van der Waals surface area contributed by atoms with E-state index in [0.29, 0.717) is 17.3 Å². The second-order valence-electron chi connectivity index (χ2n) is 7.03. The van der Waals surface area contributed by atoms with Crippen molar-refractivity contribution in [2.45, 2.75) is 43.1 Å². The highest BCUT2D eigenvalue weighted by Gasteiger charge is 2.31. The summed E-state index contributed by atoms with van der Waals surface area (Å²) in [5.41, 5.74) is 2.24. The molecule has 1 aliphatic rings. The van der Waals surface area contributed by atoms with E-state index in [4.69, 9.17) is 0 Å². The van der Waals surface area contributed by atoms with E-state index in [1.807, 2.05) is 19.1 Å². The van der Waals surface area contributed by atoms with Crippen LogP contribution in [0, 0.1) is 0 Å². The lowest BCUT2D eigenvalue weighted by atomic mass is 10.1. The molecule has 1 fully saturated rings. The van der Waals surface area contributed by atoms with Gasteiger partial charge in [0, 0.05) is 35.2 Å². The first-order valence-corrected chi connectivity index (χ1v) is 10.3. The fraction of sp³-hybridized carbons (Fsp3) is 0.286. The number of nitrogens with zero attached hydrogens (tertiary/aromatic N) is 4. The number of carbonyl (C=O) groups is 2. The number of benzene rings is 1. The molecule has 29 heavy (non-hydrogen) atoms. The van der Waals surface area contributed by atoms with Crippen LogP contribution in [0.3, 0.4) is 0 Å². The van der Waals surface area contributed by atoms with Crippen LogP contribution in [-0.4, -0.2) is 36.7 Å². The summed E-state index contributed by atoms with van der Waals surface area (Å²) in [7, 11) is 0. The van der Waals surface area contributed by atoms with E-state index in [1.54, 1.807) is 36.7 Å². The minimum absolute atomic E-state index is 0.00351. The third-order valence-corrected chi connectivity index (χ3v) is 5.78. The molecule has 148 valence electrons. The van der Waals surface area contributed by atoms with E-state index in [0.717, 1.165) is 29.4 Å². The Balaban J connectivity index is 1.48. The van der Waals surface area contributed by atoms with Crippen molar-refractivity contribution in [1.82, 2.24) is 19.7 Å². The zero-order chi connectivity index (χ0) is 20.4. The van der Waals surface area contributed by atoms with Crippen molar-refractivity contribution in [3.05, 3.63) is 54.4 Å². The van der Waals surface area contributed by atoms with E-state index in [-0.39, 0.29) is 16.9 Å². The Hall–Kier alpha value is -3.00. The first-order valence-electron chi connectivity index (χ1n) is 9.47. The minimum Gasteiger partial charge on any atom is -0.325 e. The lowest BCUT2D eigenvalue weighted by Gasteiger charge is -2.13. The number of aromatic nitrogens is 4. The van der Waals surface area contributed by atoms with Gasteiger partial charge in [-0.15, -0.1) is 10.2 Å². The number of Topliss-reactive ketones (excluding diaryl/α,β-unsaturated/α-hetero) is 1. The lowest BCUT2D eigenvalue weighted by molar-refractivity contribution is -0.115. The third-order valence-electron chi connectivity index (χ3n) is 4.73. The first kappa shape index (κ1) is 19.3. The minimum atomic E-state index is -0.352. The summed E-state index contributed by atoms with van der Waals surface area (Å²) in [6, 6.07) is 11.1. The molecule has 1 aliphatic carbocycles. The smallest absolute Gasteiger partial charge is 0.237 e. The Morgan fingerprint density at radius 3 is 2.41 bits per heavy atom. The molecule has 1 amide bonds. The van der Waals surface area contributed by atoms with Gasteiger partial charge in [-0.1, -0.05) is 11.8 Å². The van der Waals surface area contributed by atoms with Gasteiger partial charge in [-0.05, 0) is 63.1 Å². The van der Waals surface area contributed by atoms with Gasteiger partial charge >= 0.3 is 0 Å². The molecular weight excluding hydrogens is 386 g/mol. The predicted molar refractivity (Wildman–Crippen MR) is 112 cm³/mol. The molecule has 1 N–H and O–H groups in total. The Morgan fingerprint density at radius 2 is 1.79 bits per heavy atom. The van der Waals surface area contributed by atoms with Crippen LogP contribution in [0.25, 0.3) is 11.4 Å². The van der Waals surface area contributed by atoms with Crippen molar-refractivity contribution < 1.29 is 9.59 Å². The highest BCUT2D eigenvalue weighted by Crippen LogP contribution is 2.41. The topological polar surface area (TPSA) is 89.8 Å². The molecule has 2 aromatic heterocycles. The third kappa shape index (κ3) is 4.37. The van der Waals surface area contributed by atoms with Crippen LogP contribution in [0.2, 0.25) is 0 Å². The number of ketones is 1. The Morgan fingerprint density at radius 1 is 1.10 bits per heavy atom. The molecule has 2 heterocycles. The number of carbonyl (C=O) groups excluding carboxylic acids is 2. The van der Waals surface area contributed by atoms with Gasteiger partial charge in [-0.3, -0.25) is 19.1 Å². The Bertz CT molecular complexity index is 1030. The molecule has 0 radical (unpaired) electrons. The van der Waals surface area contributed by atoms with Crippen molar-refractivity contribution in [3.63, 3.8) is 0 Å². The van der Waals surface area contributed by atoms with Crippen LogP contribution in [-0.2, 0) is 4.79 Å². The van der Waals surface area contributed by atoms with Crippen LogP contribution in [0.15, 0.2) is 53.9 Å². The highest BCUT2D eigenvalue weighted by molar-refractivity contribution is 8.00. The number of rotatable bonds is 7. The van der Waals surface area contributed by atoms with Gasteiger partial charge in [0.05, 0.1) is 5.25 Å². The molecule has 0 aliphatic heterocycles. The average molecular weight is 407 g/mol. The summed E-state index contributed by atoms with van der Waals surface area (Å²) in [5, 5.41) is 12.0. The SMILES string of the molecule is CC(=O)c1ccc(NC(=O)[C@@H](C)Sc2nnc(-c3ccncc3)n2C2CC2)cc1. The van der Waals surface area contributed by atoms with Crippen molar-refractivity contribution in [1.29, 1.82) is 0 Å². The zero-order valence-corrected chi connectivity index (χ0v) is 17.0. The van der Waals surface area contributed by atoms with Crippen LogP contribution in [0.5, 0.6) is 0 Å². The second kappa shape index (κ2) is 8.16. The molecule has 0 bridgehead atoms. The molecular formula is C21H21N5O2S. The van der Waals surface area contributed by atoms with Crippen molar-refractivity contribution in [2.75, 3.05) is 5.32 Å². The van der Waals surface area contributed by atoms with E-state index < -0.39 is 0 Å². The molecule has 0 spiro atoms. The van der Waals surface area contributed by atoms with Crippen molar-refractivity contribution in [3.8, 4) is 11.4 Å². The number of hydrogen-bond acceptors (Lipinski definition) is 6. The largest absolute Gasteiger partial charge is 0.325 e. The molecule has 1 saturated carbocycles. The molecule has 8 heteroatoms. The van der Waals surface area contributed by atoms with E-state index in [2.05, 4.69) is 25.1 Å². The van der Waals surface area contributed by atoms with E-state index >= 15 is 0 Å². The lowest BCUT2D eigenvalue weighted by Crippen LogP contribution is -2.23. The van der Waals surface area contributed by atoms with Gasteiger partial charge in [0.25, 0.3) is 0 Å². The summed E-state index contributed by atoms with van der Waals surface area (Å²) in [6.45, 7) is 3.37. The summed E-state index contributed by atoms with van der Waals surface area (Å²) in [6.07, 6.45) is 5.66. The molecule has 7 nitrogen and oxygen atoms in total. The van der Waals surface area contributed by atoms with E-state index in [9.17, 15) is 9.59 Å². The molecule has 4 rings (SSSR count). The number of hydrogen-bond donors (Lipinski definition) is 1. The number of amides is 1. The standard InChI is InChI=1S/C21H21N5O2S/c1-13(27)15-3-5-17(6-4-15)23-20(28)14(2)29-21-25-24-19(26(21)18-7-8-18)16-9-11-22-12-10-16/h3-6,9-12,14,18H,7-8H2,1-2H3,(H,23,28)/t14-/m1/s1. The van der Waals surface area contributed by atoms with E-state index in [1.165, 1.54) is 18.7 Å². The average Bonchev–Trinajstić information content (AvgIpc) is 3.49. The normalized spacial score (nSPS) is 14.4. The zero-order valence-electron chi connectivity index (χ0n) is 16.2. The summed E-state index contributed by atoms with van der Waals surface area (Å²) in [4.78, 5) is 28.1. The van der Waals surface area contributed by atoms with Crippen molar-refractivity contribution >= 4 is 29.1 Å². The number of pyridine rings is 1. The fourth-order valence-electron chi connectivity index (χ4n) is 2.96. The summed E-state index contributed by atoms with van der Waals surface area (Å²) < 4.78 is 2.13. The van der Waals surface area contributed by atoms with Gasteiger partial charge in [-0.2, -0.15) is 0 Å². The van der Waals surface area contributed by atoms with Gasteiger partial charge in [-0.25, -0.2) is 0 Å². The van der Waals surface area contributed by atoms with Gasteiger partial charge in [0.2, 0.25) is 5.91 Å². The molecule has 3 aromatic rings. The summed E-state index contributed by atoms with van der Waals surface area (Å²) in [5.74, 6) is 0.683. The van der Waals surface area contributed by atoms with Crippen LogP contribution < -0.4 is 5.32 Å². The number of anilines is 1. The first-order chi connectivity index (χ1) is 14.0. The maximum Gasteiger partial charge on any atom is 0.237 e. The highest BCUT2D eigenvalue weighted by atomic mass is 32.2. The molecule has 1 aromatic carbocycles. The number of thioether (sulfide) groups is 1.